The maximum absolute atomic E-state index is 12.8. The van der Waals surface area contributed by atoms with Crippen LogP contribution in [0.4, 0.5) is 4.79 Å². The van der Waals surface area contributed by atoms with Crippen molar-refractivity contribution in [3.8, 4) is 0 Å². The Labute approximate surface area is 144 Å². The second-order valence-corrected chi connectivity index (χ2v) is 7.07. The predicted octanol–water partition coefficient (Wildman–Crippen LogP) is 2.44. The molecule has 1 fully saturated rings. The zero-order chi connectivity index (χ0) is 17.1. The second-order valence-electron chi connectivity index (χ2n) is 7.07. The first kappa shape index (κ1) is 16.8. The van der Waals surface area contributed by atoms with Gasteiger partial charge in [0.2, 0.25) is 0 Å². The molecule has 0 bridgehead atoms. The topological polar surface area (TPSA) is 52.7 Å². The molecular weight excluding hydrogens is 302 g/mol. The molecule has 1 aromatic rings. The van der Waals surface area contributed by atoms with Crippen molar-refractivity contribution in [3.63, 3.8) is 0 Å². The van der Waals surface area contributed by atoms with E-state index in [1.54, 1.807) is 0 Å². The lowest BCUT2D eigenvalue weighted by molar-refractivity contribution is 0.0762. The lowest BCUT2D eigenvalue weighted by Crippen LogP contribution is -2.44. The molecule has 0 spiro atoms. The number of hydrogen-bond acceptors (Lipinski definition) is 2. The lowest BCUT2D eigenvalue weighted by Gasteiger charge is -2.23. The number of amides is 3. The van der Waals surface area contributed by atoms with Gasteiger partial charge in [0.25, 0.3) is 5.91 Å². The van der Waals surface area contributed by atoms with Crippen LogP contribution in [0.1, 0.15) is 48.2 Å². The number of urea groups is 1. The van der Waals surface area contributed by atoms with Gasteiger partial charge in [0.15, 0.2) is 0 Å². The zero-order valence-corrected chi connectivity index (χ0v) is 14.7. The summed E-state index contributed by atoms with van der Waals surface area (Å²) in [7, 11) is 0. The summed E-state index contributed by atoms with van der Waals surface area (Å²) < 4.78 is 0. The molecule has 1 N–H and O–H groups in total. The van der Waals surface area contributed by atoms with Gasteiger partial charge in [-0.1, -0.05) is 6.07 Å². The van der Waals surface area contributed by atoms with Gasteiger partial charge in [-0.15, -0.1) is 0 Å². The van der Waals surface area contributed by atoms with E-state index in [4.69, 9.17) is 0 Å². The highest BCUT2D eigenvalue weighted by molar-refractivity contribution is 5.94. The number of carbonyl (C=O) groups is 2. The summed E-state index contributed by atoms with van der Waals surface area (Å²) in [6, 6.07) is 6.23. The molecule has 0 aromatic heterocycles. The summed E-state index contributed by atoms with van der Waals surface area (Å²) >= 11 is 0. The Morgan fingerprint density at radius 3 is 2.46 bits per heavy atom. The minimum atomic E-state index is -0.0307. The summed E-state index contributed by atoms with van der Waals surface area (Å²) in [6.45, 7) is 6.52. The third-order valence-electron chi connectivity index (χ3n) is 4.83. The summed E-state index contributed by atoms with van der Waals surface area (Å²) in [5, 5.41) is 2.93. The quantitative estimate of drug-likeness (QED) is 0.906. The summed E-state index contributed by atoms with van der Waals surface area (Å²) in [4.78, 5) is 28.7. The van der Waals surface area contributed by atoms with E-state index >= 15 is 0 Å². The van der Waals surface area contributed by atoms with Crippen LogP contribution in [0.25, 0.3) is 0 Å². The number of nitrogens with zero attached hydrogens (tertiary/aromatic N) is 2. The largest absolute Gasteiger partial charge is 0.337 e. The lowest BCUT2D eigenvalue weighted by atomic mass is 10.1. The average molecular weight is 329 g/mol. The first-order valence-corrected chi connectivity index (χ1v) is 9.01. The van der Waals surface area contributed by atoms with Gasteiger partial charge in [-0.25, -0.2) is 4.79 Å². The molecule has 2 aliphatic rings. The van der Waals surface area contributed by atoms with Gasteiger partial charge in [0, 0.05) is 37.8 Å². The van der Waals surface area contributed by atoms with Crippen molar-refractivity contribution in [2.45, 2.75) is 45.6 Å². The molecule has 5 nitrogen and oxygen atoms in total. The van der Waals surface area contributed by atoms with Gasteiger partial charge in [0.1, 0.15) is 0 Å². The smallest absolute Gasteiger partial charge is 0.317 e. The van der Waals surface area contributed by atoms with Crippen LogP contribution in [0.15, 0.2) is 18.2 Å². The van der Waals surface area contributed by atoms with E-state index in [1.165, 1.54) is 17.5 Å². The van der Waals surface area contributed by atoms with Crippen molar-refractivity contribution in [1.29, 1.82) is 0 Å². The van der Waals surface area contributed by atoms with Gasteiger partial charge in [0.05, 0.1) is 0 Å². The van der Waals surface area contributed by atoms with Crippen LogP contribution >= 0.6 is 0 Å². The molecule has 1 saturated heterocycles. The van der Waals surface area contributed by atoms with Gasteiger partial charge in [-0.05, 0) is 62.8 Å². The van der Waals surface area contributed by atoms with Crippen molar-refractivity contribution in [2.75, 3.05) is 26.2 Å². The van der Waals surface area contributed by atoms with E-state index in [2.05, 4.69) is 17.4 Å². The fourth-order valence-electron chi connectivity index (χ4n) is 3.55. The Bertz CT molecular complexity index is 627. The fourth-order valence-corrected chi connectivity index (χ4v) is 3.55. The van der Waals surface area contributed by atoms with E-state index < -0.39 is 0 Å². The maximum atomic E-state index is 12.8. The molecule has 1 aliphatic carbocycles. The van der Waals surface area contributed by atoms with Gasteiger partial charge in [-0.2, -0.15) is 0 Å². The van der Waals surface area contributed by atoms with Crippen LogP contribution in [-0.4, -0.2) is 54.0 Å². The number of benzene rings is 1. The minimum absolute atomic E-state index is 0.0307. The predicted molar refractivity (Wildman–Crippen MR) is 94.2 cm³/mol. The van der Waals surface area contributed by atoms with Gasteiger partial charge in [-0.3, -0.25) is 4.79 Å². The van der Waals surface area contributed by atoms with Crippen LogP contribution in [0.2, 0.25) is 0 Å². The van der Waals surface area contributed by atoms with Crippen molar-refractivity contribution in [2.24, 2.45) is 0 Å². The number of hydrogen-bond donors (Lipinski definition) is 1. The van der Waals surface area contributed by atoms with Crippen LogP contribution in [-0.2, 0) is 12.8 Å². The molecule has 5 heteroatoms. The summed E-state index contributed by atoms with van der Waals surface area (Å²) in [6.07, 6.45) is 4.23. The highest BCUT2D eigenvalue weighted by atomic mass is 16.2. The van der Waals surface area contributed by atoms with Crippen LogP contribution in [0, 0.1) is 0 Å². The Hall–Kier alpha value is -2.04. The van der Waals surface area contributed by atoms with Crippen molar-refractivity contribution < 1.29 is 9.59 Å². The first-order chi connectivity index (χ1) is 11.5. The third kappa shape index (κ3) is 3.71. The molecule has 3 rings (SSSR count). The number of fused-ring (bicyclic) bond motifs is 1. The Morgan fingerprint density at radius 1 is 0.958 bits per heavy atom. The molecule has 130 valence electrons. The van der Waals surface area contributed by atoms with E-state index in [9.17, 15) is 9.59 Å². The number of nitrogens with one attached hydrogen (secondary N) is 1. The van der Waals surface area contributed by atoms with Gasteiger partial charge < -0.3 is 15.1 Å². The molecule has 3 amide bonds. The van der Waals surface area contributed by atoms with Crippen molar-refractivity contribution in [1.82, 2.24) is 15.1 Å². The zero-order valence-electron chi connectivity index (χ0n) is 14.7. The second kappa shape index (κ2) is 7.24. The summed E-state index contributed by atoms with van der Waals surface area (Å²) in [5.74, 6) is 0.0933. The first-order valence-electron chi connectivity index (χ1n) is 9.01. The molecule has 1 heterocycles. The van der Waals surface area contributed by atoms with Crippen LogP contribution in [0.3, 0.4) is 0 Å². The molecule has 0 radical (unpaired) electrons. The minimum Gasteiger partial charge on any atom is -0.337 e. The highest BCUT2D eigenvalue weighted by Gasteiger charge is 2.24. The Kier molecular flexibility index (Phi) is 5.07. The summed E-state index contributed by atoms with van der Waals surface area (Å²) in [5.41, 5.74) is 3.50. The molecule has 0 saturated carbocycles. The Balaban J connectivity index is 1.63. The van der Waals surface area contributed by atoms with E-state index in [-0.39, 0.29) is 18.0 Å². The third-order valence-corrected chi connectivity index (χ3v) is 4.83. The van der Waals surface area contributed by atoms with Crippen LogP contribution in [0.5, 0.6) is 0 Å². The molecule has 1 aliphatic heterocycles. The molecular formula is C19H27N3O2. The van der Waals surface area contributed by atoms with E-state index in [0.717, 1.165) is 24.8 Å². The van der Waals surface area contributed by atoms with Crippen molar-refractivity contribution >= 4 is 11.9 Å². The van der Waals surface area contributed by atoms with Crippen molar-refractivity contribution in [3.05, 3.63) is 34.9 Å². The standard InChI is InChI=1S/C19H27N3O2/c1-14(2)20-19(24)22-10-4-9-21(11-12-22)18(23)17-8-7-15-5-3-6-16(15)13-17/h7-8,13-14H,3-6,9-12H2,1-2H3,(H,20,24). The normalized spacial score (nSPS) is 17.6. The Morgan fingerprint density at radius 2 is 1.67 bits per heavy atom. The highest BCUT2D eigenvalue weighted by Crippen LogP contribution is 2.23. The number of carbonyl (C=O) groups excluding carboxylic acids is 2. The van der Waals surface area contributed by atoms with Gasteiger partial charge >= 0.3 is 6.03 Å². The van der Waals surface area contributed by atoms with Crippen LogP contribution < -0.4 is 5.32 Å². The van der Waals surface area contributed by atoms with E-state index in [0.29, 0.717) is 26.2 Å². The number of rotatable bonds is 2. The van der Waals surface area contributed by atoms with E-state index in [1.807, 2.05) is 29.7 Å². The fraction of sp³-hybridized carbons (Fsp3) is 0.579. The average Bonchev–Trinajstić information content (AvgIpc) is 2.87. The maximum Gasteiger partial charge on any atom is 0.317 e. The molecule has 1 aromatic carbocycles. The SMILES string of the molecule is CC(C)NC(=O)N1CCCN(C(=O)c2ccc3c(c2)CCC3)CC1. The monoisotopic (exact) mass is 329 g/mol. The number of aryl methyl sites for hydroxylation is 2. The molecule has 24 heavy (non-hydrogen) atoms. The molecule has 0 unspecified atom stereocenters. The molecule has 0 atom stereocenters.